The lowest BCUT2D eigenvalue weighted by molar-refractivity contribution is 0.586. The molecule has 0 bridgehead atoms. The molecule has 27 heavy (non-hydrogen) atoms. The van der Waals surface area contributed by atoms with Crippen LogP contribution in [0.1, 0.15) is 11.1 Å². The Balaban J connectivity index is 2.17. The number of rotatable bonds is 9. The van der Waals surface area contributed by atoms with Gasteiger partial charge in [0.25, 0.3) is 0 Å². The van der Waals surface area contributed by atoms with Crippen LogP contribution in [0, 0.1) is 6.92 Å². The van der Waals surface area contributed by atoms with E-state index in [0.717, 1.165) is 11.1 Å². The average molecular weight is 402 g/mol. The summed E-state index contributed by atoms with van der Waals surface area (Å²) in [6.07, 6.45) is 0. The van der Waals surface area contributed by atoms with Gasteiger partial charge in [0.1, 0.15) is 0 Å². The zero-order valence-electron chi connectivity index (χ0n) is 16.8. The summed E-state index contributed by atoms with van der Waals surface area (Å²) in [5.41, 5.74) is 2.97. The number of hydrogen-bond donors (Lipinski definition) is 1. The van der Waals surface area contributed by atoms with Crippen molar-refractivity contribution in [3.8, 4) is 0 Å². The van der Waals surface area contributed by atoms with E-state index in [1.165, 1.54) is 5.56 Å². The number of aryl methyl sites for hydroxylation is 1. The number of benzene rings is 2. The molecule has 2 aromatic rings. The van der Waals surface area contributed by atoms with Crippen LogP contribution in [0.2, 0.25) is 25.7 Å². The van der Waals surface area contributed by atoms with E-state index >= 15 is 0 Å². The zero-order chi connectivity index (χ0) is 20.1. The Morgan fingerprint density at radius 3 is 2.19 bits per heavy atom. The van der Waals surface area contributed by atoms with Gasteiger partial charge in [-0.05, 0) is 36.2 Å². The third-order valence-electron chi connectivity index (χ3n) is 4.50. The minimum absolute atomic E-state index is 0.389. The van der Waals surface area contributed by atoms with Crippen LogP contribution in [-0.2, 0) is 16.4 Å². The fourth-order valence-electron chi connectivity index (χ4n) is 3.00. The van der Waals surface area contributed by atoms with Gasteiger partial charge >= 0.3 is 0 Å². The molecule has 0 radical (unpaired) electrons. The molecule has 0 aliphatic carbocycles. The molecule has 0 fully saturated rings. The van der Waals surface area contributed by atoms with Gasteiger partial charge in [0.2, 0.25) is 0 Å². The highest BCUT2D eigenvalue weighted by Gasteiger charge is 2.33. The van der Waals surface area contributed by atoms with Crippen molar-refractivity contribution in [2.75, 3.05) is 6.54 Å². The standard InChI is InChI=1S/C22H31NO2SSi/c1-18-11-13-21(14-12-18)26(24,25)22(17-27(3,4)5)19(2)15-23-16-20-9-7-6-8-10-20/h6-14,22-23H,2,15-17H2,1,3-5H3. The second-order valence-electron chi connectivity index (χ2n) is 8.36. The van der Waals surface area contributed by atoms with Crippen molar-refractivity contribution < 1.29 is 8.42 Å². The Bertz CT molecular complexity index is 853. The van der Waals surface area contributed by atoms with E-state index in [4.69, 9.17) is 0 Å². The maximum absolute atomic E-state index is 13.3. The van der Waals surface area contributed by atoms with Crippen molar-refractivity contribution in [1.82, 2.24) is 5.32 Å². The molecule has 146 valence electrons. The number of sulfone groups is 1. The molecule has 1 N–H and O–H groups in total. The van der Waals surface area contributed by atoms with Gasteiger partial charge in [-0.2, -0.15) is 0 Å². The van der Waals surface area contributed by atoms with E-state index in [0.29, 0.717) is 24.0 Å². The highest BCUT2D eigenvalue weighted by Crippen LogP contribution is 2.28. The predicted molar refractivity (Wildman–Crippen MR) is 118 cm³/mol. The highest BCUT2D eigenvalue weighted by atomic mass is 32.2. The van der Waals surface area contributed by atoms with Gasteiger partial charge in [-0.25, -0.2) is 8.42 Å². The molecule has 0 aliphatic rings. The fourth-order valence-corrected chi connectivity index (χ4v) is 8.14. The van der Waals surface area contributed by atoms with E-state index in [9.17, 15) is 8.42 Å². The lowest BCUT2D eigenvalue weighted by Gasteiger charge is -2.26. The van der Waals surface area contributed by atoms with Crippen LogP contribution in [0.3, 0.4) is 0 Å². The Morgan fingerprint density at radius 2 is 1.63 bits per heavy atom. The molecular weight excluding hydrogens is 370 g/mol. The summed E-state index contributed by atoms with van der Waals surface area (Å²) in [6.45, 7) is 13.9. The summed E-state index contributed by atoms with van der Waals surface area (Å²) < 4.78 is 26.7. The molecule has 2 aromatic carbocycles. The summed E-state index contributed by atoms with van der Waals surface area (Å²) >= 11 is 0. The zero-order valence-corrected chi connectivity index (χ0v) is 18.6. The highest BCUT2D eigenvalue weighted by molar-refractivity contribution is 7.92. The van der Waals surface area contributed by atoms with Crippen molar-refractivity contribution in [3.05, 3.63) is 77.9 Å². The summed E-state index contributed by atoms with van der Waals surface area (Å²) in [7, 11) is -5.06. The van der Waals surface area contributed by atoms with Crippen molar-refractivity contribution in [3.63, 3.8) is 0 Å². The topological polar surface area (TPSA) is 46.2 Å². The second-order valence-corrected chi connectivity index (χ2v) is 16.0. The monoisotopic (exact) mass is 401 g/mol. The number of nitrogens with one attached hydrogen (secondary N) is 1. The second kappa shape index (κ2) is 9.00. The van der Waals surface area contributed by atoms with Crippen LogP contribution < -0.4 is 5.32 Å². The molecule has 0 saturated heterocycles. The first-order valence-corrected chi connectivity index (χ1v) is 14.6. The van der Waals surface area contributed by atoms with Crippen LogP contribution in [0.25, 0.3) is 0 Å². The number of hydrogen-bond acceptors (Lipinski definition) is 3. The van der Waals surface area contributed by atoms with Gasteiger partial charge in [-0.1, -0.05) is 74.2 Å². The molecular formula is C22H31NO2SSi. The van der Waals surface area contributed by atoms with Crippen molar-refractivity contribution in [2.45, 2.75) is 49.3 Å². The molecule has 2 rings (SSSR count). The minimum atomic E-state index is -3.45. The SMILES string of the molecule is C=C(CNCc1ccccc1)C(C[Si](C)(C)C)S(=O)(=O)c1ccc(C)cc1. The Kier molecular flexibility index (Phi) is 7.20. The average Bonchev–Trinajstić information content (AvgIpc) is 2.60. The minimum Gasteiger partial charge on any atom is -0.309 e. The Morgan fingerprint density at radius 1 is 1.04 bits per heavy atom. The molecule has 5 heteroatoms. The smallest absolute Gasteiger partial charge is 0.184 e. The van der Waals surface area contributed by atoms with E-state index in [-0.39, 0.29) is 0 Å². The van der Waals surface area contributed by atoms with E-state index in [1.807, 2.05) is 37.3 Å². The summed E-state index contributed by atoms with van der Waals surface area (Å²) in [6, 6.07) is 17.9. The molecule has 1 atom stereocenters. The van der Waals surface area contributed by atoms with Crippen LogP contribution in [0.4, 0.5) is 0 Å². The molecule has 0 heterocycles. The van der Waals surface area contributed by atoms with Crippen LogP contribution in [0.15, 0.2) is 71.6 Å². The van der Waals surface area contributed by atoms with Gasteiger partial charge in [0.05, 0.1) is 10.1 Å². The summed E-state index contributed by atoms with van der Waals surface area (Å²) in [5, 5.41) is 2.81. The van der Waals surface area contributed by atoms with E-state index < -0.39 is 23.2 Å². The summed E-state index contributed by atoms with van der Waals surface area (Å²) in [4.78, 5) is 0.389. The molecule has 0 aliphatic heterocycles. The molecule has 0 saturated carbocycles. The third-order valence-corrected chi connectivity index (χ3v) is 8.61. The Labute approximate surface area is 165 Å². The van der Waals surface area contributed by atoms with E-state index in [1.54, 1.807) is 12.1 Å². The van der Waals surface area contributed by atoms with Gasteiger partial charge in [-0.3, -0.25) is 0 Å². The van der Waals surface area contributed by atoms with Crippen molar-refractivity contribution in [2.24, 2.45) is 0 Å². The van der Waals surface area contributed by atoms with Gasteiger partial charge < -0.3 is 5.32 Å². The van der Waals surface area contributed by atoms with Gasteiger partial charge in [0.15, 0.2) is 9.84 Å². The lowest BCUT2D eigenvalue weighted by atomic mass is 10.2. The molecule has 0 aromatic heterocycles. The first kappa shape index (κ1) is 21.6. The molecule has 0 amide bonds. The molecule has 1 unspecified atom stereocenters. The van der Waals surface area contributed by atoms with Crippen LogP contribution in [-0.4, -0.2) is 28.3 Å². The third kappa shape index (κ3) is 6.45. The van der Waals surface area contributed by atoms with E-state index in [2.05, 4.69) is 43.7 Å². The van der Waals surface area contributed by atoms with Gasteiger partial charge in [-0.15, -0.1) is 0 Å². The fraction of sp³-hybridized carbons (Fsp3) is 0.364. The first-order chi connectivity index (χ1) is 12.6. The van der Waals surface area contributed by atoms with Crippen molar-refractivity contribution >= 4 is 17.9 Å². The first-order valence-electron chi connectivity index (χ1n) is 9.32. The van der Waals surface area contributed by atoms with Crippen LogP contribution >= 0.6 is 0 Å². The molecule has 0 spiro atoms. The maximum atomic E-state index is 13.3. The predicted octanol–water partition coefficient (Wildman–Crippen LogP) is 4.82. The van der Waals surface area contributed by atoms with Crippen molar-refractivity contribution in [1.29, 1.82) is 0 Å². The quantitative estimate of drug-likeness (QED) is 0.484. The Hall–Kier alpha value is -1.69. The lowest BCUT2D eigenvalue weighted by Crippen LogP contribution is -2.36. The summed E-state index contributed by atoms with van der Waals surface area (Å²) in [5.74, 6) is 0. The largest absolute Gasteiger partial charge is 0.309 e. The normalized spacial score (nSPS) is 13.3. The van der Waals surface area contributed by atoms with Crippen LogP contribution in [0.5, 0.6) is 0 Å². The maximum Gasteiger partial charge on any atom is 0.184 e. The molecule has 3 nitrogen and oxygen atoms in total. The van der Waals surface area contributed by atoms with Gasteiger partial charge in [0, 0.05) is 21.2 Å².